The van der Waals surface area contributed by atoms with Gasteiger partial charge in [0, 0.05) is 19.3 Å². The van der Waals surface area contributed by atoms with Crippen molar-refractivity contribution in [1.82, 2.24) is 5.32 Å². The summed E-state index contributed by atoms with van der Waals surface area (Å²) < 4.78 is 33.7. The van der Waals surface area contributed by atoms with Crippen LogP contribution in [0.5, 0.6) is 11.5 Å². The van der Waals surface area contributed by atoms with E-state index in [9.17, 15) is 13.5 Å². The normalized spacial score (nSPS) is 12.6. The third-order valence-corrected chi connectivity index (χ3v) is 4.89. The lowest BCUT2D eigenvalue weighted by molar-refractivity contribution is 0.105. The van der Waals surface area contributed by atoms with Gasteiger partial charge in [-0.05, 0) is 36.4 Å². The van der Waals surface area contributed by atoms with Crippen LogP contribution in [0.3, 0.4) is 0 Å². The number of aliphatic hydroxyl groups is 1. The zero-order chi connectivity index (χ0) is 19.0. The fourth-order valence-corrected chi connectivity index (χ4v) is 2.92. The van der Waals surface area contributed by atoms with Gasteiger partial charge in [0.25, 0.3) is 0 Å². The molecule has 0 aliphatic heterocycles. The molecule has 2 aromatic rings. The number of rotatable bonds is 10. The van der Waals surface area contributed by atoms with E-state index in [1.54, 1.807) is 24.3 Å². The average molecular weight is 400 g/mol. The van der Waals surface area contributed by atoms with Gasteiger partial charge in [0.15, 0.2) is 9.84 Å². The Bertz CT molecular complexity index is 795. The van der Waals surface area contributed by atoms with Crippen LogP contribution in [0.15, 0.2) is 53.4 Å². The number of benzene rings is 2. The monoisotopic (exact) mass is 399 g/mol. The molecule has 142 valence electrons. The van der Waals surface area contributed by atoms with E-state index in [1.165, 1.54) is 12.1 Å². The molecule has 2 aromatic carbocycles. The first-order valence-corrected chi connectivity index (χ1v) is 10.3. The Kier molecular flexibility index (Phi) is 7.71. The van der Waals surface area contributed by atoms with Crippen LogP contribution in [0.1, 0.15) is 0 Å². The van der Waals surface area contributed by atoms with Crippen molar-refractivity contribution in [3.8, 4) is 11.5 Å². The van der Waals surface area contributed by atoms with Crippen LogP contribution >= 0.6 is 11.6 Å². The Morgan fingerprint density at radius 2 is 1.81 bits per heavy atom. The minimum atomic E-state index is -3.23. The van der Waals surface area contributed by atoms with E-state index < -0.39 is 15.9 Å². The molecule has 0 fully saturated rings. The summed E-state index contributed by atoms with van der Waals surface area (Å²) in [7, 11) is -3.23. The molecule has 0 aliphatic rings. The highest BCUT2D eigenvalue weighted by atomic mass is 35.5. The third kappa shape index (κ3) is 6.84. The molecule has 2 rings (SSSR count). The molecule has 26 heavy (non-hydrogen) atoms. The van der Waals surface area contributed by atoms with E-state index in [0.717, 1.165) is 6.26 Å². The Morgan fingerprint density at radius 3 is 2.46 bits per heavy atom. The number of para-hydroxylation sites is 1. The fraction of sp³-hybridized carbons (Fsp3) is 0.333. The smallest absolute Gasteiger partial charge is 0.175 e. The van der Waals surface area contributed by atoms with Crippen molar-refractivity contribution in [1.29, 1.82) is 0 Å². The van der Waals surface area contributed by atoms with Crippen LogP contribution in [0.2, 0.25) is 5.02 Å². The zero-order valence-electron chi connectivity index (χ0n) is 14.4. The highest BCUT2D eigenvalue weighted by molar-refractivity contribution is 7.90. The van der Waals surface area contributed by atoms with Crippen molar-refractivity contribution in [2.45, 2.75) is 11.0 Å². The molecule has 0 saturated heterocycles. The fourth-order valence-electron chi connectivity index (χ4n) is 2.10. The van der Waals surface area contributed by atoms with Gasteiger partial charge in [-0.1, -0.05) is 23.7 Å². The molecular weight excluding hydrogens is 378 g/mol. The first-order chi connectivity index (χ1) is 12.4. The van der Waals surface area contributed by atoms with Gasteiger partial charge in [-0.3, -0.25) is 0 Å². The van der Waals surface area contributed by atoms with Crippen molar-refractivity contribution in [3.05, 3.63) is 53.6 Å². The van der Waals surface area contributed by atoms with Gasteiger partial charge in [-0.25, -0.2) is 8.42 Å². The highest BCUT2D eigenvalue weighted by Crippen LogP contribution is 2.22. The number of halogens is 1. The van der Waals surface area contributed by atoms with Gasteiger partial charge >= 0.3 is 0 Å². The minimum Gasteiger partial charge on any atom is -0.491 e. The molecule has 6 nitrogen and oxygen atoms in total. The summed E-state index contributed by atoms with van der Waals surface area (Å²) in [4.78, 5) is 0.227. The summed E-state index contributed by atoms with van der Waals surface area (Å²) in [6, 6.07) is 13.3. The minimum absolute atomic E-state index is 0.0938. The average Bonchev–Trinajstić information content (AvgIpc) is 2.61. The second-order valence-corrected chi connectivity index (χ2v) is 8.11. The maximum absolute atomic E-state index is 11.4. The molecule has 2 N–H and O–H groups in total. The lowest BCUT2D eigenvalue weighted by Gasteiger charge is -2.14. The summed E-state index contributed by atoms with van der Waals surface area (Å²) in [6.45, 7) is 1.40. The third-order valence-electron chi connectivity index (χ3n) is 3.45. The van der Waals surface area contributed by atoms with E-state index in [-0.39, 0.29) is 11.5 Å². The summed E-state index contributed by atoms with van der Waals surface area (Å²) >= 11 is 5.99. The Balaban J connectivity index is 1.63. The van der Waals surface area contributed by atoms with Crippen LogP contribution in [-0.2, 0) is 9.84 Å². The van der Waals surface area contributed by atoms with Gasteiger partial charge in [-0.2, -0.15) is 0 Å². The number of hydrogen-bond acceptors (Lipinski definition) is 6. The highest BCUT2D eigenvalue weighted by Gasteiger charge is 2.08. The van der Waals surface area contributed by atoms with Gasteiger partial charge in [0.05, 0.1) is 9.92 Å². The Morgan fingerprint density at radius 1 is 1.12 bits per heavy atom. The lowest BCUT2D eigenvalue weighted by atomic mass is 10.3. The second-order valence-electron chi connectivity index (χ2n) is 5.69. The first kappa shape index (κ1) is 20.5. The summed E-state index contributed by atoms with van der Waals surface area (Å²) in [5.41, 5.74) is 0. The molecule has 0 spiro atoms. The zero-order valence-corrected chi connectivity index (χ0v) is 16.0. The molecule has 1 atom stereocenters. The number of hydrogen-bond donors (Lipinski definition) is 2. The van der Waals surface area contributed by atoms with Crippen LogP contribution in [0, 0.1) is 0 Å². The second kappa shape index (κ2) is 9.78. The number of ether oxygens (including phenoxy) is 2. The van der Waals surface area contributed by atoms with Crippen molar-refractivity contribution in [2.75, 3.05) is 32.6 Å². The van der Waals surface area contributed by atoms with E-state index in [4.69, 9.17) is 21.1 Å². The van der Waals surface area contributed by atoms with Gasteiger partial charge in [-0.15, -0.1) is 0 Å². The SMILES string of the molecule is CS(=O)(=O)c1ccc(OCC(O)CNCCOc2ccccc2Cl)cc1. The van der Waals surface area contributed by atoms with Crippen molar-refractivity contribution in [2.24, 2.45) is 0 Å². The summed E-state index contributed by atoms with van der Waals surface area (Å²) in [5, 5.41) is 13.5. The van der Waals surface area contributed by atoms with Gasteiger partial charge < -0.3 is 19.9 Å². The maximum Gasteiger partial charge on any atom is 0.175 e. The van der Waals surface area contributed by atoms with E-state index in [1.807, 2.05) is 12.1 Å². The van der Waals surface area contributed by atoms with Crippen LogP contribution in [0.25, 0.3) is 0 Å². The van der Waals surface area contributed by atoms with Crippen molar-refractivity contribution < 1.29 is 23.0 Å². The number of aliphatic hydroxyl groups excluding tert-OH is 1. The van der Waals surface area contributed by atoms with Crippen LogP contribution < -0.4 is 14.8 Å². The van der Waals surface area contributed by atoms with Gasteiger partial charge in [0.2, 0.25) is 0 Å². The topological polar surface area (TPSA) is 84.9 Å². The van der Waals surface area contributed by atoms with Crippen LogP contribution in [-0.4, -0.2) is 52.2 Å². The molecule has 0 amide bonds. The molecule has 0 radical (unpaired) electrons. The Hall–Kier alpha value is -1.80. The Labute approximate surface area is 158 Å². The standard InChI is InChI=1S/C18H22ClNO5S/c1-26(22,23)16-8-6-15(7-9-16)25-13-14(21)12-20-10-11-24-18-5-3-2-4-17(18)19/h2-9,14,20-21H,10-13H2,1H3. The molecule has 0 aromatic heterocycles. The van der Waals surface area contributed by atoms with Crippen LogP contribution in [0.4, 0.5) is 0 Å². The van der Waals surface area contributed by atoms with Gasteiger partial charge in [0.1, 0.15) is 30.8 Å². The largest absolute Gasteiger partial charge is 0.491 e. The number of nitrogens with one attached hydrogen (secondary N) is 1. The molecule has 0 bridgehead atoms. The quantitative estimate of drug-likeness (QED) is 0.595. The lowest BCUT2D eigenvalue weighted by Crippen LogP contribution is -2.33. The van der Waals surface area contributed by atoms with E-state index in [0.29, 0.717) is 36.2 Å². The van der Waals surface area contributed by atoms with Crippen molar-refractivity contribution in [3.63, 3.8) is 0 Å². The molecular formula is C18H22ClNO5S. The van der Waals surface area contributed by atoms with E-state index in [2.05, 4.69) is 5.32 Å². The molecule has 0 saturated carbocycles. The predicted octanol–water partition coefficient (Wildman–Crippen LogP) is 2.15. The molecule has 0 heterocycles. The van der Waals surface area contributed by atoms with Crippen molar-refractivity contribution >= 4 is 21.4 Å². The molecule has 8 heteroatoms. The summed E-state index contributed by atoms with van der Waals surface area (Å²) in [5.74, 6) is 1.12. The maximum atomic E-state index is 11.4. The summed E-state index contributed by atoms with van der Waals surface area (Å²) in [6.07, 6.45) is 0.443. The first-order valence-electron chi connectivity index (χ1n) is 8.05. The molecule has 1 unspecified atom stereocenters. The predicted molar refractivity (Wildman–Crippen MR) is 101 cm³/mol. The van der Waals surface area contributed by atoms with E-state index >= 15 is 0 Å². The molecule has 0 aliphatic carbocycles. The number of sulfone groups is 1.